The highest BCUT2D eigenvalue weighted by Gasteiger charge is 2.51. The van der Waals surface area contributed by atoms with Gasteiger partial charge in [0.2, 0.25) is 0 Å². The van der Waals surface area contributed by atoms with E-state index in [1.54, 1.807) is 0 Å². The van der Waals surface area contributed by atoms with Gasteiger partial charge in [-0.25, -0.2) is 4.79 Å². The molecule has 5 rings (SSSR count). The van der Waals surface area contributed by atoms with Gasteiger partial charge in [-0.2, -0.15) is 0 Å². The van der Waals surface area contributed by atoms with Crippen molar-refractivity contribution in [3.63, 3.8) is 0 Å². The molecule has 1 amide bonds. The molecule has 0 bridgehead atoms. The van der Waals surface area contributed by atoms with E-state index >= 15 is 0 Å². The lowest BCUT2D eigenvalue weighted by Gasteiger charge is -2.32. The van der Waals surface area contributed by atoms with Gasteiger partial charge in [0, 0.05) is 17.6 Å². The molecule has 3 aromatic carbocycles. The van der Waals surface area contributed by atoms with E-state index in [-0.39, 0.29) is 11.9 Å². The molecule has 2 aliphatic carbocycles. The van der Waals surface area contributed by atoms with Crippen LogP contribution in [-0.4, -0.2) is 28.6 Å². The zero-order valence-corrected chi connectivity index (χ0v) is 19.6. The SMILES string of the molecule is CC(NC1CCCC(c2ccc(C(=O)NC3(C(=O)O)CC3)cc2)C1)c1cccc2ccccc12. The predicted molar refractivity (Wildman–Crippen MR) is 134 cm³/mol. The lowest BCUT2D eigenvalue weighted by molar-refractivity contribution is -0.140. The first-order valence-corrected chi connectivity index (χ1v) is 12.3. The number of carbonyl (C=O) groups excluding carboxylic acids is 1. The van der Waals surface area contributed by atoms with Gasteiger partial charge >= 0.3 is 5.97 Å². The van der Waals surface area contributed by atoms with E-state index in [2.05, 4.69) is 60.0 Å². The molecule has 176 valence electrons. The van der Waals surface area contributed by atoms with Crippen LogP contribution in [0.1, 0.15) is 78.9 Å². The standard InChI is InChI=1S/C29H32N2O3/c1-19(25-11-5-7-21-6-2-3-10-26(21)25)30-24-9-4-8-23(18-24)20-12-14-22(15-13-20)27(32)31-29(16-17-29)28(33)34/h2-3,5-7,10-15,19,23-24,30H,4,8-9,16-18H2,1H3,(H,31,32)(H,33,34). The summed E-state index contributed by atoms with van der Waals surface area (Å²) in [6.07, 6.45) is 5.56. The third-order valence-electron chi connectivity index (χ3n) is 7.61. The van der Waals surface area contributed by atoms with Gasteiger partial charge in [0.1, 0.15) is 5.54 Å². The van der Waals surface area contributed by atoms with E-state index in [1.165, 1.54) is 34.7 Å². The third kappa shape index (κ3) is 4.58. The monoisotopic (exact) mass is 456 g/mol. The second-order valence-corrected chi connectivity index (χ2v) is 9.98. The summed E-state index contributed by atoms with van der Waals surface area (Å²) in [5.74, 6) is -0.800. The molecule has 3 N–H and O–H groups in total. The fourth-order valence-electron chi connectivity index (χ4n) is 5.43. The van der Waals surface area contributed by atoms with Crippen molar-refractivity contribution in [1.29, 1.82) is 0 Å². The number of benzene rings is 3. The van der Waals surface area contributed by atoms with Crippen LogP contribution >= 0.6 is 0 Å². The molecule has 34 heavy (non-hydrogen) atoms. The lowest BCUT2D eigenvalue weighted by atomic mass is 9.80. The van der Waals surface area contributed by atoms with Gasteiger partial charge in [-0.1, -0.05) is 61.0 Å². The maximum atomic E-state index is 12.5. The minimum Gasteiger partial charge on any atom is -0.480 e. The lowest BCUT2D eigenvalue weighted by Crippen LogP contribution is -2.43. The van der Waals surface area contributed by atoms with Gasteiger partial charge in [-0.05, 0) is 79.0 Å². The van der Waals surface area contributed by atoms with Crippen LogP contribution in [0.5, 0.6) is 0 Å². The Balaban J connectivity index is 1.23. The van der Waals surface area contributed by atoms with Crippen LogP contribution in [0.15, 0.2) is 66.7 Å². The largest absolute Gasteiger partial charge is 0.480 e. The molecule has 5 nitrogen and oxygen atoms in total. The molecular weight excluding hydrogens is 424 g/mol. The van der Waals surface area contributed by atoms with Crippen molar-refractivity contribution in [1.82, 2.24) is 10.6 Å². The fraction of sp³-hybridized carbons (Fsp3) is 0.379. The number of aliphatic carboxylic acids is 1. The van der Waals surface area contributed by atoms with Gasteiger partial charge in [-0.3, -0.25) is 4.79 Å². The van der Waals surface area contributed by atoms with E-state index in [0.29, 0.717) is 30.4 Å². The molecule has 2 aliphatic rings. The zero-order chi connectivity index (χ0) is 23.7. The Morgan fingerprint density at radius 1 is 0.971 bits per heavy atom. The van der Waals surface area contributed by atoms with Crippen LogP contribution in [0, 0.1) is 0 Å². The molecule has 0 radical (unpaired) electrons. The Hall–Kier alpha value is -3.18. The van der Waals surface area contributed by atoms with Crippen LogP contribution in [0.25, 0.3) is 10.8 Å². The molecule has 2 saturated carbocycles. The van der Waals surface area contributed by atoms with E-state index in [4.69, 9.17) is 0 Å². The van der Waals surface area contributed by atoms with E-state index in [1.807, 2.05) is 24.3 Å². The summed E-state index contributed by atoms with van der Waals surface area (Å²) in [6, 6.07) is 23.5. The second-order valence-electron chi connectivity index (χ2n) is 9.98. The summed E-state index contributed by atoms with van der Waals surface area (Å²) in [4.78, 5) is 23.9. The minimum absolute atomic E-state index is 0.268. The van der Waals surface area contributed by atoms with Crippen molar-refractivity contribution in [3.05, 3.63) is 83.4 Å². The van der Waals surface area contributed by atoms with Crippen LogP contribution in [0.3, 0.4) is 0 Å². The average molecular weight is 457 g/mol. The maximum Gasteiger partial charge on any atom is 0.329 e. The number of amides is 1. The van der Waals surface area contributed by atoms with Gasteiger partial charge in [0.05, 0.1) is 0 Å². The number of carbonyl (C=O) groups is 2. The number of carboxylic acid groups (broad SMARTS) is 1. The number of rotatable bonds is 7. The summed E-state index contributed by atoms with van der Waals surface area (Å²) < 4.78 is 0. The van der Waals surface area contributed by atoms with Crippen molar-refractivity contribution in [2.75, 3.05) is 0 Å². The molecule has 0 aliphatic heterocycles. The van der Waals surface area contributed by atoms with Crippen LogP contribution in [-0.2, 0) is 4.79 Å². The molecule has 5 heteroatoms. The number of carboxylic acids is 1. The smallest absolute Gasteiger partial charge is 0.329 e. The molecule has 0 saturated heterocycles. The number of fused-ring (bicyclic) bond motifs is 1. The topological polar surface area (TPSA) is 78.4 Å². The number of nitrogens with one attached hydrogen (secondary N) is 2. The van der Waals surface area contributed by atoms with Crippen LogP contribution in [0.2, 0.25) is 0 Å². The van der Waals surface area contributed by atoms with Crippen molar-refractivity contribution < 1.29 is 14.7 Å². The Morgan fingerprint density at radius 3 is 2.44 bits per heavy atom. The molecule has 0 spiro atoms. The van der Waals surface area contributed by atoms with E-state index in [0.717, 1.165) is 12.8 Å². The summed E-state index contributed by atoms with van der Waals surface area (Å²) in [5, 5.41) is 18.5. The normalized spacial score (nSPS) is 22.1. The highest BCUT2D eigenvalue weighted by atomic mass is 16.4. The second kappa shape index (κ2) is 9.22. The van der Waals surface area contributed by atoms with Crippen LogP contribution in [0.4, 0.5) is 0 Å². The molecule has 2 fully saturated rings. The van der Waals surface area contributed by atoms with Crippen molar-refractivity contribution >= 4 is 22.6 Å². The Kier molecular flexibility index (Phi) is 6.13. The average Bonchev–Trinajstić information content (AvgIpc) is 3.65. The first-order valence-electron chi connectivity index (χ1n) is 12.3. The minimum atomic E-state index is -1.06. The first-order chi connectivity index (χ1) is 16.4. The van der Waals surface area contributed by atoms with Gasteiger partial charge < -0.3 is 15.7 Å². The highest BCUT2D eigenvalue weighted by molar-refractivity contribution is 5.99. The highest BCUT2D eigenvalue weighted by Crippen LogP contribution is 2.37. The molecule has 0 heterocycles. The molecule has 3 aromatic rings. The molecular formula is C29H32N2O3. The Bertz CT molecular complexity index is 1190. The number of hydrogen-bond donors (Lipinski definition) is 3. The summed E-state index contributed by atoms with van der Waals surface area (Å²) >= 11 is 0. The zero-order valence-electron chi connectivity index (χ0n) is 19.6. The van der Waals surface area contributed by atoms with Gasteiger partial charge in [0.15, 0.2) is 0 Å². The molecule has 0 aromatic heterocycles. The fourth-order valence-corrected chi connectivity index (χ4v) is 5.43. The molecule has 3 unspecified atom stereocenters. The summed E-state index contributed by atoms with van der Waals surface area (Å²) in [6.45, 7) is 2.25. The van der Waals surface area contributed by atoms with Crippen molar-refractivity contribution in [2.45, 2.75) is 69.0 Å². The van der Waals surface area contributed by atoms with Gasteiger partial charge in [-0.15, -0.1) is 0 Å². The number of hydrogen-bond acceptors (Lipinski definition) is 3. The Morgan fingerprint density at radius 2 is 1.71 bits per heavy atom. The predicted octanol–water partition coefficient (Wildman–Crippen LogP) is 5.56. The Labute approximate surface area is 200 Å². The van der Waals surface area contributed by atoms with Crippen molar-refractivity contribution in [3.8, 4) is 0 Å². The third-order valence-corrected chi connectivity index (χ3v) is 7.61. The summed E-state index contributed by atoms with van der Waals surface area (Å²) in [7, 11) is 0. The van der Waals surface area contributed by atoms with E-state index < -0.39 is 11.5 Å². The van der Waals surface area contributed by atoms with Crippen LogP contribution < -0.4 is 10.6 Å². The van der Waals surface area contributed by atoms with E-state index in [9.17, 15) is 14.7 Å². The van der Waals surface area contributed by atoms with Gasteiger partial charge in [0.25, 0.3) is 5.91 Å². The summed E-state index contributed by atoms with van der Waals surface area (Å²) in [5.41, 5.74) is 2.05. The quantitative estimate of drug-likeness (QED) is 0.435. The first kappa shape index (κ1) is 22.6. The molecule has 3 atom stereocenters. The van der Waals surface area contributed by atoms with Crippen molar-refractivity contribution in [2.24, 2.45) is 0 Å². The maximum absolute atomic E-state index is 12.5.